The molecule has 0 saturated heterocycles. The lowest BCUT2D eigenvalue weighted by Gasteiger charge is -2.08. The molecule has 7 heavy (non-hydrogen) atoms. The average molecular weight is 102 g/mol. The Morgan fingerprint density at radius 1 is 2.00 bits per heavy atom. The summed E-state index contributed by atoms with van der Waals surface area (Å²) in [4.78, 5) is 9.77. The first-order valence-electron chi connectivity index (χ1n) is 1.96. The second-order valence-electron chi connectivity index (χ2n) is 1.20. The Balaban J connectivity index is 3.34. The van der Waals surface area contributed by atoms with Gasteiger partial charge >= 0.3 is 0 Å². The summed E-state index contributed by atoms with van der Waals surface area (Å²) >= 11 is 0. The second-order valence-corrected chi connectivity index (χ2v) is 1.20. The van der Waals surface area contributed by atoms with Crippen molar-refractivity contribution in [1.29, 1.82) is 0 Å². The molecule has 0 spiro atoms. The van der Waals surface area contributed by atoms with Crippen LogP contribution < -0.4 is 5.73 Å². The first-order valence-corrected chi connectivity index (χ1v) is 1.96. The predicted molar refractivity (Wildman–Crippen MR) is 25.6 cm³/mol. The van der Waals surface area contributed by atoms with Crippen molar-refractivity contribution in [2.45, 2.75) is 13.0 Å². The Kier molecular flexibility index (Phi) is 2.37. The molecule has 0 saturated carbocycles. The molecule has 3 heteroatoms. The normalized spacial score (nSPS) is 13.4. The fourth-order valence-corrected chi connectivity index (χ4v) is 0.143. The van der Waals surface area contributed by atoms with E-state index in [1.165, 1.54) is 6.42 Å². The van der Waals surface area contributed by atoms with Gasteiger partial charge in [0.25, 0.3) is 5.97 Å². The number of hydrogen-bond donors (Lipinski definition) is 2. The molecule has 0 heterocycles. The standard InChI is InChI=1S/C4H8NO2/c1-2-3(5)4(6)7/h2-3H,5H2,1H3,(H,6,7)/q-1. The van der Waals surface area contributed by atoms with Gasteiger partial charge in [-0.1, -0.05) is 0 Å². The van der Waals surface area contributed by atoms with Crippen LogP contribution in [0, 0.1) is 6.42 Å². The highest BCUT2D eigenvalue weighted by Crippen LogP contribution is 1.80. The van der Waals surface area contributed by atoms with Crippen LogP contribution in [0.15, 0.2) is 0 Å². The molecule has 1 atom stereocenters. The quantitative estimate of drug-likeness (QED) is 0.467. The summed E-state index contributed by atoms with van der Waals surface area (Å²) in [6, 6.07) is -0.806. The van der Waals surface area contributed by atoms with E-state index in [-0.39, 0.29) is 0 Å². The van der Waals surface area contributed by atoms with Crippen LogP contribution in [0.5, 0.6) is 0 Å². The third kappa shape index (κ3) is 2.17. The van der Waals surface area contributed by atoms with Crippen molar-refractivity contribution in [2.75, 3.05) is 0 Å². The zero-order valence-electron chi connectivity index (χ0n) is 4.09. The molecule has 0 rings (SSSR count). The van der Waals surface area contributed by atoms with Gasteiger partial charge < -0.3 is 17.3 Å². The minimum absolute atomic E-state index is 0.806. The summed E-state index contributed by atoms with van der Waals surface area (Å²) in [5, 5.41) is 8.03. The largest absolute Gasteiger partial charge is 0.482 e. The minimum Gasteiger partial charge on any atom is -0.482 e. The number of carboxylic acid groups (broad SMARTS) is 1. The highest BCUT2D eigenvalue weighted by molar-refractivity contribution is 5.74. The fourth-order valence-electron chi connectivity index (χ4n) is 0.143. The number of aliphatic carboxylic acids is 1. The Morgan fingerprint density at radius 3 is 2.43 bits per heavy atom. The Morgan fingerprint density at radius 2 is 2.43 bits per heavy atom. The van der Waals surface area contributed by atoms with Crippen molar-refractivity contribution in [3.05, 3.63) is 6.42 Å². The molecular weight excluding hydrogens is 94.0 g/mol. The van der Waals surface area contributed by atoms with Crippen molar-refractivity contribution in [2.24, 2.45) is 5.73 Å². The number of carboxylic acids is 1. The SMILES string of the molecule is C[CH-]C(N)C(=O)O. The third-order valence-corrected chi connectivity index (χ3v) is 0.644. The van der Waals surface area contributed by atoms with Crippen LogP contribution >= 0.6 is 0 Å². The molecule has 3 N–H and O–H groups in total. The smallest absolute Gasteiger partial charge is 0.289 e. The van der Waals surface area contributed by atoms with Crippen LogP contribution in [0.4, 0.5) is 0 Å². The second kappa shape index (κ2) is 2.58. The molecule has 0 aromatic heterocycles. The summed E-state index contributed by atoms with van der Waals surface area (Å²) < 4.78 is 0. The van der Waals surface area contributed by atoms with Crippen LogP contribution in [-0.2, 0) is 4.79 Å². The van der Waals surface area contributed by atoms with Crippen molar-refractivity contribution in [3.8, 4) is 0 Å². The minimum atomic E-state index is -0.984. The molecule has 0 aromatic rings. The molecule has 0 fully saturated rings. The van der Waals surface area contributed by atoms with E-state index < -0.39 is 12.0 Å². The van der Waals surface area contributed by atoms with Crippen LogP contribution in [0.3, 0.4) is 0 Å². The van der Waals surface area contributed by atoms with Gasteiger partial charge in [-0.05, 0) is 6.04 Å². The molecule has 0 amide bonds. The maximum atomic E-state index is 9.77. The molecule has 0 aliphatic rings. The Hall–Kier alpha value is -0.570. The molecule has 0 bridgehead atoms. The number of carbonyl (C=O) groups is 1. The van der Waals surface area contributed by atoms with Gasteiger partial charge in [0.15, 0.2) is 0 Å². The number of nitrogens with two attached hydrogens (primary N) is 1. The van der Waals surface area contributed by atoms with E-state index in [4.69, 9.17) is 10.8 Å². The van der Waals surface area contributed by atoms with Gasteiger partial charge in [0.05, 0.1) is 0 Å². The van der Waals surface area contributed by atoms with Gasteiger partial charge in [-0.15, -0.1) is 0 Å². The lowest BCUT2D eigenvalue weighted by atomic mass is 10.2. The summed E-state index contributed by atoms with van der Waals surface area (Å²) in [5.41, 5.74) is 4.96. The van der Waals surface area contributed by atoms with E-state index in [2.05, 4.69) is 0 Å². The maximum Gasteiger partial charge on any atom is 0.289 e. The number of hydrogen-bond acceptors (Lipinski definition) is 2. The summed E-state index contributed by atoms with van der Waals surface area (Å²) in [5.74, 6) is -0.984. The summed E-state index contributed by atoms with van der Waals surface area (Å²) in [6.07, 6.45) is 1.42. The maximum absolute atomic E-state index is 9.77. The first-order chi connectivity index (χ1) is 3.18. The molecule has 0 aliphatic carbocycles. The molecule has 0 aliphatic heterocycles. The van der Waals surface area contributed by atoms with Gasteiger partial charge in [0.1, 0.15) is 0 Å². The summed E-state index contributed by atoms with van der Waals surface area (Å²) in [7, 11) is 0. The van der Waals surface area contributed by atoms with Gasteiger partial charge in [0.2, 0.25) is 0 Å². The zero-order valence-corrected chi connectivity index (χ0v) is 4.09. The van der Waals surface area contributed by atoms with Gasteiger partial charge in [0, 0.05) is 0 Å². The fraction of sp³-hybridized carbons (Fsp3) is 0.500. The van der Waals surface area contributed by atoms with Crippen molar-refractivity contribution < 1.29 is 9.90 Å². The Bertz CT molecular complexity index is 72.1. The van der Waals surface area contributed by atoms with Crippen LogP contribution in [0.2, 0.25) is 0 Å². The van der Waals surface area contributed by atoms with Crippen LogP contribution in [0.25, 0.3) is 0 Å². The highest BCUT2D eigenvalue weighted by atomic mass is 16.4. The van der Waals surface area contributed by atoms with E-state index in [9.17, 15) is 4.79 Å². The Labute approximate surface area is 42.1 Å². The molecule has 42 valence electrons. The number of rotatable bonds is 2. The van der Waals surface area contributed by atoms with E-state index >= 15 is 0 Å². The molecular formula is C4H8NO2-. The van der Waals surface area contributed by atoms with Gasteiger partial charge in [-0.3, -0.25) is 4.79 Å². The van der Waals surface area contributed by atoms with Crippen molar-refractivity contribution in [1.82, 2.24) is 0 Å². The first kappa shape index (κ1) is 6.43. The van der Waals surface area contributed by atoms with Crippen molar-refractivity contribution in [3.63, 3.8) is 0 Å². The van der Waals surface area contributed by atoms with Crippen molar-refractivity contribution >= 4 is 5.97 Å². The highest BCUT2D eigenvalue weighted by Gasteiger charge is 1.95. The van der Waals surface area contributed by atoms with Gasteiger partial charge in [-0.2, -0.15) is 6.92 Å². The molecule has 3 nitrogen and oxygen atoms in total. The predicted octanol–water partition coefficient (Wildman–Crippen LogP) is -0.378. The molecule has 0 radical (unpaired) electrons. The zero-order chi connectivity index (χ0) is 5.86. The third-order valence-electron chi connectivity index (χ3n) is 0.644. The van der Waals surface area contributed by atoms with Gasteiger partial charge in [-0.25, -0.2) is 0 Å². The average Bonchev–Trinajstić information content (AvgIpc) is 1.65. The lowest BCUT2D eigenvalue weighted by Crippen LogP contribution is -2.29. The van der Waals surface area contributed by atoms with E-state index in [0.717, 1.165) is 0 Å². The van der Waals surface area contributed by atoms with Crippen LogP contribution in [0.1, 0.15) is 6.92 Å². The topological polar surface area (TPSA) is 63.3 Å². The molecule has 0 aromatic carbocycles. The molecule has 1 unspecified atom stereocenters. The summed E-state index contributed by atoms with van der Waals surface area (Å²) in [6.45, 7) is 1.61. The van der Waals surface area contributed by atoms with E-state index in [1.54, 1.807) is 6.92 Å². The lowest BCUT2D eigenvalue weighted by molar-refractivity contribution is -0.137. The van der Waals surface area contributed by atoms with E-state index in [1.807, 2.05) is 0 Å². The van der Waals surface area contributed by atoms with Crippen LogP contribution in [-0.4, -0.2) is 17.1 Å². The van der Waals surface area contributed by atoms with E-state index in [0.29, 0.717) is 0 Å². The monoisotopic (exact) mass is 102 g/mol.